The van der Waals surface area contributed by atoms with Crippen LogP contribution in [0.2, 0.25) is 0 Å². The molecular weight excluding hydrogens is 815 g/mol. The molecule has 0 heterocycles. The molecule has 0 unspecified atom stereocenters. The third kappa shape index (κ3) is 5.76. The lowest BCUT2D eigenvalue weighted by Gasteiger charge is -2.51. The third-order valence-corrected chi connectivity index (χ3v) is 10.3. The van der Waals surface area contributed by atoms with E-state index in [2.05, 4.69) is 0 Å². The van der Waals surface area contributed by atoms with Crippen LogP contribution in [0.25, 0.3) is 0 Å². The van der Waals surface area contributed by atoms with Gasteiger partial charge in [-0.05, 0) is 58.5 Å². The molecule has 2 bridgehead atoms. The largest absolute Gasteiger partial charge is 0.422 e. The van der Waals surface area contributed by atoms with Gasteiger partial charge in [-0.3, -0.25) is 0 Å². The second-order valence-corrected chi connectivity index (χ2v) is 13.4. The van der Waals surface area contributed by atoms with Gasteiger partial charge in [0, 0.05) is 17.0 Å². The number of rotatable bonds is 6. The minimum Gasteiger partial charge on any atom is -0.422 e. The molecule has 0 saturated heterocycles. The number of carbonyl (C=O) groups is 2. The van der Waals surface area contributed by atoms with Crippen LogP contribution in [0.5, 0.6) is 11.5 Å². The van der Waals surface area contributed by atoms with E-state index in [-0.39, 0.29) is 23.1 Å². The van der Waals surface area contributed by atoms with Crippen molar-refractivity contribution in [1.29, 1.82) is 0 Å². The lowest BCUT2D eigenvalue weighted by Crippen LogP contribution is -2.44. The standard InChI is InChI=1S/C42H17F13O4/c43-29-26(30(44)34(48)37(51)33(29)47)39(56)58-22-13-14-23(59-40(57)27-31(45)35(49)38(52)36(50)32(27)46)28-25(22)24-18-5-1-3-7-20(18)41(28,21-8-4-2-6-19(21)24)15-16-9-11-17(12-10-16)42(53,54)55/h1-14,24H,15H2. The molecular formula is C42H17F13O4. The normalized spacial score (nSPS) is 16.3. The summed E-state index contributed by atoms with van der Waals surface area (Å²) in [5, 5.41) is 0. The van der Waals surface area contributed by atoms with Gasteiger partial charge in [-0.2, -0.15) is 13.2 Å². The van der Waals surface area contributed by atoms with Gasteiger partial charge in [-0.15, -0.1) is 0 Å². The molecule has 0 N–H and O–H groups in total. The number of carbonyl (C=O) groups excluding carboxylic acids is 2. The van der Waals surface area contributed by atoms with Crippen LogP contribution in [0.1, 0.15) is 71.1 Å². The van der Waals surface area contributed by atoms with E-state index in [4.69, 9.17) is 9.47 Å². The Labute approximate surface area is 322 Å². The van der Waals surface area contributed by atoms with Crippen molar-refractivity contribution < 1.29 is 76.1 Å². The molecule has 300 valence electrons. The molecule has 4 nitrogen and oxygen atoms in total. The van der Waals surface area contributed by atoms with Gasteiger partial charge in [-0.25, -0.2) is 53.5 Å². The van der Waals surface area contributed by atoms with Crippen LogP contribution in [-0.2, 0) is 18.0 Å². The number of ether oxygens (including phenoxy) is 2. The Morgan fingerprint density at radius 2 is 0.898 bits per heavy atom. The van der Waals surface area contributed by atoms with Crippen molar-refractivity contribution in [1.82, 2.24) is 0 Å². The van der Waals surface area contributed by atoms with Crippen LogP contribution in [0, 0.1) is 58.2 Å². The van der Waals surface area contributed by atoms with E-state index in [1.807, 2.05) is 0 Å². The Morgan fingerprint density at radius 1 is 0.508 bits per heavy atom. The Morgan fingerprint density at radius 3 is 1.34 bits per heavy atom. The molecule has 0 spiro atoms. The molecule has 17 heteroatoms. The van der Waals surface area contributed by atoms with Gasteiger partial charge in [0.1, 0.15) is 22.6 Å². The van der Waals surface area contributed by atoms with Crippen LogP contribution in [-0.4, -0.2) is 11.9 Å². The van der Waals surface area contributed by atoms with Crippen molar-refractivity contribution in [2.24, 2.45) is 0 Å². The van der Waals surface area contributed by atoms with Gasteiger partial charge in [0.2, 0.25) is 11.6 Å². The number of alkyl halides is 3. The van der Waals surface area contributed by atoms with Gasteiger partial charge in [0.05, 0.1) is 11.0 Å². The Balaban J connectivity index is 1.41. The fourth-order valence-electron chi connectivity index (χ4n) is 7.92. The maximum atomic E-state index is 14.9. The number of hydrogen-bond donors (Lipinski definition) is 0. The minimum atomic E-state index is -4.76. The summed E-state index contributed by atoms with van der Waals surface area (Å²) in [6.07, 6.45) is -5.11. The molecule has 0 aliphatic heterocycles. The van der Waals surface area contributed by atoms with Crippen LogP contribution >= 0.6 is 0 Å². The summed E-state index contributed by atoms with van der Waals surface area (Å²) in [7, 11) is 0. The fraction of sp³-hybridized carbons (Fsp3) is 0.0952. The van der Waals surface area contributed by atoms with Crippen molar-refractivity contribution >= 4 is 11.9 Å². The fourth-order valence-corrected chi connectivity index (χ4v) is 7.92. The van der Waals surface area contributed by atoms with Gasteiger partial charge in [0.15, 0.2) is 46.5 Å². The molecule has 59 heavy (non-hydrogen) atoms. The number of hydrogen-bond acceptors (Lipinski definition) is 4. The quantitative estimate of drug-likeness (QED) is 0.0552. The monoisotopic (exact) mass is 832 g/mol. The zero-order valence-electron chi connectivity index (χ0n) is 28.9. The molecule has 0 radical (unpaired) electrons. The smallest absolute Gasteiger partial charge is 0.416 e. The molecule has 0 aromatic heterocycles. The molecule has 3 aliphatic rings. The SMILES string of the molecule is O=C(Oc1ccc(OC(=O)c2c(F)c(F)c(F)c(F)c2F)c2c1C1c3ccccc3C2(Cc2ccc(C(F)(F)F)cc2)c2ccccc21)c1c(F)c(F)c(F)c(F)c1F. The third-order valence-electron chi connectivity index (χ3n) is 10.3. The number of esters is 2. The molecule has 9 rings (SSSR count). The summed E-state index contributed by atoms with van der Waals surface area (Å²) in [4.78, 5) is 27.0. The van der Waals surface area contributed by atoms with Crippen molar-refractivity contribution in [3.05, 3.63) is 199 Å². The first-order valence-electron chi connectivity index (χ1n) is 16.9. The summed E-state index contributed by atoms with van der Waals surface area (Å²) in [6, 6.07) is 18.0. The first-order valence-corrected chi connectivity index (χ1v) is 16.9. The number of halogens is 13. The Bertz CT molecular complexity index is 2690. The van der Waals surface area contributed by atoms with Gasteiger partial charge < -0.3 is 9.47 Å². The topological polar surface area (TPSA) is 52.6 Å². The lowest BCUT2D eigenvalue weighted by atomic mass is 9.51. The van der Waals surface area contributed by atoms with E-state index in [0.717, 1.165) is 36.4 Å². The molecule has 6 aromatic carbocycles. The predicted molar refractivity (Wildman–Crippen MR) is 178 cm³/mol. The predicted octanol–water partition coefficient (Wildman–Crippen LogP) is 10.9. The van der Waals surface area contributed by atoms with Crippen LogP contribution in [0.15, 0.2) is 84.9 Å². The van der Waals surface area contributed by atoms with Crippen LogP contribution in [0.3, 0.4) is 0 Å². The summed E-state index contributed by atoms with van der Waals surface area (Å²) in [5.74, 6) is -32.0. The first-order chi connectivity index (χ1) is 27.9. The molecule has 0 atom stereocenters. The highest BCUT2D eigenvalue weighted by molar-refractivity contribution is 5.94. The average Bonchev–Trinajstić information content (AvgIpc) is 3.21. The minimum absolute atomic E-state index is 0.176. The highest BCUT2D eigenvalue weighted by atomic mass is 19.4. The van der Waals surface area contributed by atoms with Crippen LogP contribution in [0.4, 0.5) is 57.1 Å². The molecule has 6 aromatic rings. The highest BCUT2D eigenvalue weighted by Gasteiger charge is 2.55. The van der Waals surface area contributed by atoms with E-state index in [1.165, 1.54) is 0 Å². The van der Waals surface area contributed by atoms with Crippen molar-refractivity contribution in [3.8, 4) is 11.5 Å². The highest BCUT2D eigenvalue weighted by Crippen LogP contribution is 2.64. The van der Waals surface area contributed by atoms with E-state index in [0.29, 0.717) is 22.3 Å². The van der Waals surface area contributed by atoms with Crippen molar-refractivity contribution in [3.63, 3.8) is 0 Å². The van der Waals surface area contributed by atoms with Crippen LogP contribution < -0.4 is 9.47 Å². The second kappa shape index (κ2) is 13.7. The molecule has 3 aliphatic carbocycles. The van der Waals surface area contributed by atoms with E-state index in [9.17, 15) is 66.7 Å². The summed E-state index contributed by atoms with van der Waals surface area (Å²) < 4.78 is 196. The second-order valence-electron chi connectivity index (χ2n) is 13.4. The Hall–Kier alpha value is -6.65. The van der Waals surface area contributed by atoms with Gasteiger partial charge in [0.25, 0.3) is 0 Å². The zero-order valence-corrected chi connectivity index (χ0v) is 28.9. The van der Waals surface area contributed by atoms with E-state index >= 15 is 0 Å². The average molecular weight is 833 g/mol. The summed E-state index contributed by atoms with van der Waals surface area (Å²) in [5.41, 5.74) is -5.58. The number of benzene rings is 6. The lowest BCUT2D eigenvalue weighted by molar-refractivity contribution is -0.137. The molecule has 0 fully saturated rings. The van der Waals surface area contributed by atoms with Crippen molar-refractivity contribution in [2.45, 2.75) is 23.9 Å². The molecule has 0 saturated carbocycles. The van der Waals surface area contributed by atoms with Crippen molar-refractivity contribution in [2.75, 3.05) is 0 Å². The first kappa shape index (κ1) is 39.2. The maximum absolute atomic E-state index is 14.9. The summed E-state index contributed by atoms with van der Waals surface area (Å²) >= 11 is 0. The van der Waals surface area contributed by atoms with E-state index in [1.54, 1.807) is 48.5 Å². The summed E-state index contributed by atoms with van der Waals surface area (Å²) in [6.45, 7) is 0. The maximum Gasteiger partial charge on any atom is 0.416 e. The Kier molecular flexibility index (Phi) is 9.12. The molecule has 0 amide bonds. The van der Waals surface area contributed by atoms with Gasteiger partial charge in [-0.1, -0.05) is 60.7 Å². The van der Waals surface area contributed by atoms with E-state index < -0.39 is 116 Å². The van der Waals surface area contributed by atoms with Gasteiger partial charge >= 0.3 is 18.1 Å². The zero-order chi connectivity index (χ0) is 42.5.